The van der Waals surface area contributed by atoms with Crippen LogP contribution >= 0.6 is 0 Å². The van der Waals surface area contributed by atoms with E-state index in [1.807, 2.05) is 26.8 Å². The summed E-state index contributed by atoms with van der Waals surface area (Å²) in [5.74, 6) is 2.40. The molecule has 0 saturated carbocycles. The fraction of sp³-hybridized carbons (Fsp3) is 0.474. The van der Waals surface area contributed by atoms with Crippen LogP contribution in [0.2, 0.25) is 0 Å². The van der Waals surface area contributed by atoms with Crippen LogP contribution in [-0.4, -0.2) is 29.4 Å². The van der Waals surface area contributed by atoms with Crippen LogP contribution in [0.1, 0.15) is 43.6 Å². The van der Waals surface area contributed by atoms with Crippen molar-refractivity contribution in [3.05, 3.63) is 41.2 Å². The molecule has 1 aromatic carbocycles. The zero-order chi connectivity index (χ0) is 19.6. The van der Waals surface area contributed by atoms with Crippen LogP contribution in [-0.2, 0) is 13.0 Å². The summed E-state index contributed by atoms with van der Waals surface area (Å²) in [5, 5.41) is 3.23. The van der Waals surface area contributed by atoms with Crippen molar-refractivity contribution >= 4 is 11.6 Å². The molecule has 0 unspecified atom stereocenters. The predicted octanol–water partition coefficient (Wildman–Crippen LogP) is 4.49. The summed E-state index contributed by atoms with van der Waals surface area (Å²) in [6.07, 6.45) is -4.05. The summed E-state index contributed by atoms with van der Waals surface area (Å²) in [7, 11) is 0. The van der Waals surface area contributed by atoms with Gasteiger partial charge in [0.15, 0.2) is 0 Å². The quantitative estimate of drug-likeness (QED) is 0.828. The highest BCUT2D eigenvalue weighted by atomic mass is 19.4. The molecule has 0 fully saturated rings. The lowest BCUT2D eigenvalue weighted by Crippen LogP contribution is -2.31. The van der Waals surface area contributed by atoms with Gasteiger partial charge in [0.05, 0.1) is 0 Å². The van der Waals surface area contributed by atoms with E-state index < -0.39 is 6.36 Å². The molecule has 2 aromatic rings. The molecule has 0 amide bonds. The van der Waals surface area contributed by atoms with Crippen molar-refractivity contribution < 1.29 is 17.9 Å². The number of hydrogen-bond acceptors (Lipinski definition) is 5. The summed E-state index contributed by atoms with van der Waals surface area (Å²) >= 11 is 0. The average Bonchev–Trinajstić information content (AvgIpc) is 2.60. The van der Waals surface area contributed by atoms with Crippen LogP contribution in [0.3, 0.4) is 0 Å². The Morgan fingerprint density at radius 3 is 2.63 bits per heavy atom. The Labute approximate surface area is 156 Å². The minimum absolute atomic E-state index is 0.173. The van der Waals surface area contributed by atoms with E-state index in [0.717, 1.165) is 35.1 Å². The van der Waals surface area contributed by atoms with Crippen LogP contribution in [0.4, 0.5) is 24.8 Å². The van der Waals surface area contributed by atoms with Crippen molar-refractivity contribution in [2.24, 2.45) is 0 Å². The molecule has 0 radical (unpaired) electrons. The van der Waals surface area contributed by atoms with Crippen LogP contribution in [0, 0.1) is 0 Å². The zero-order valence-corrected chi connectivity index (χ0v) is 15.6. The summed E-state index contributed by atoms with van der Waals surface area (Å²) in [6.45, 7) is 8.11. The number of benzene rings is 1. The molecule has 8 heteroatoms. The molecule has 1 aliphatic heterocycles. The Morgan fingerprint density at radius 1 is 1.19 bits per heavy atom. The molecule has 0 saturated heterocycles. The van der Waals surface area contributed by atoms with Gasteiger partial charge in [0, 0.05) is 31.6 Å². The van der Waals surface area contributed by atoms with Crippen molar-refractivity contribution in [3.63, 3.8) is 0 Å². The number of halogens is 3. The number of rotatable bonds is 5. The summed E-state index contributed by atoms with van der Waals surface area (Å²) in [6, 6.07) is 6.45. The van der Waals surface area contributed by atoms with Gasteiger partial charge in [-0.05, 0) is 36.6 Å². The third-order valence-corrected chi connectivity index (χ3v) is 4.35. The Morgan fingerprint density at radius 2 is 1.96 bits per heavy atom. The van der Waals surface area contributed by atoms with Crippen LogP contribution < -0.4 is 15.0 Å². The maximum atomic E-state index is 12.4. The monoisotopic (exact) mass is 380 g/mol. The lowest BCUT2D eigenvalue weighted by Gasteiger charge is -2.30. The minimum Gasteiger partial charge on any atom is -0.406 e. The highest BCUT2D eigenvalue weighted by Crippen LogP contribution is 2.30. The molecule has 0 bridgehead atoms. The van der Waals surface area contributed by atoms with Gasteiger partial charge in [-0.15, -0.1) is 13.2 Å². The first-order valence-corrected chi connectivity index (χ1v) is 9.00. The third kappa shape index (κ3) is 4.81. The first kappa shape index (κ1) is 19.3. The van der Waals surface area contributed by atoms with Gasteiger partial charge in [-0.3, -0.25) is 0 Å². The van der Waals surface area contributed by atoms with E-state index in [2.05, 4.69) is 24.9 Å². The van der Waals surface area contributed by atoms with Gasteiger partial charge in [-0.1, -0.05) is 19.9 Å². The normalized spacial score (nSPS) is 14.3. The molecule has 1 N–H and O–H groups in total. The standard InChI is InChI=1S/C19H23F3N4O/c1-4-23-16-10-17(25-18(24-16)12(2)3)26-8-7-13-9-15(27-19(20,21)22)6-5-14(13)11-26/h5-6,9-10,12H,4,7-8,11H2,1-3H3,(H,23,24,25). The zero-order valence-electron chi connectivity index (χ0n) is 15.6. The first-order chi connectivity index (χ1) is 12.7. The van der Waals surface area contributed by atoms with Gasteiger partial charge in [-0.2, -0.15) is 0 Å². The summed E-state index contributed by atoms with van der Waals surface area (Å²) in [5.41, 5.74) is 1.85. The molecule has 146 valence electrons. The molecule has 2 heterocycles. The predicted molar refractivity (Wildman–Crippen MR) is 98.2 cm³/mol. The van der Waals surface area contributed by atoms with E-state index in [1.165, 1.54) is 12.1 Å². The van der Waals surface area contributed by atoms with Crippen LogP contribution in [0.15, 0.2) is 24.3 Å². The number of ether oxygens (including phenoxy) is 1. The number of anilines is 2. The van der Waals surface area contributed by atoms with E-state index in [0.29, 0.717) is 19.5 Å². The molecule has 0 spiro atoms. The van der Waals surface area contributed by atoms with Crippen LogP contribution in [0.5, 0.6) is 5.75 Å². The van der Waals surface area contributed by atoms with Gasteiger partial charge in [-0.25, -0.2) is 9.97 Å². The lowest BCUT2D eigenvalue weighted by atomic mass is 9.99. The van der Waals surface area contributed by atoms with E-state index in [9.17, 15) is 13.2 Å². The second-order valence-corrected chi connectivity index (χ2v) is 6.80. The van der Waals surface area contributed by atoms with Crippen molar-refractivity contribution in [2.75, 3.05) is 23.3 Å². The largest absolute Gasteiger partial charge is 0.573 e. The number of nitrogens with one attached hydrogen (secondary N) is 1. The molecule has 0 aliphatic carbocycles. The molecular formula is C19H23F3N4O. The molecule has 1 aliphatic rings. The number of hydrogen-bond donors (Lipinski definition) is 1. The molecule has 3 rings (SSSR count). The van der Waals surface area contributed by atoms with Crippen molar-refractivity contribution in [3.8, 4) is 5.75 Å². The van der Waals surface area contributed by atoms with E-state index in [-0.39, 0.29) is 11.7 Å². The average molecular weight is 380 g/mol. The topological polar surface area (TPSA) is 50.3 Å². The van der Waals surface area contributed by atoms with E-state index >= 15 is 0 Å². The second kappa shape index (κ2) is 7.62. The maximum Gasteiger partial charge on any atom is 0.573 e. The number of nitrogens with zero attached hydrogens (tertiary/aromatic N) is 3. The summed E-state index contributed by atoms with van der Waals surface area (Å²) < 4.78 is 41.3. The fourth-order valence-corrected chi connectivity index (χ4v) is 3.07. The Balaban J connectivity index is 1.83. The Hall–Kier alpha value is -2.51. The minimum atomic E-state index is -4.67. The second-order valence-electron chi connectivity index (χ2n) is 6.80. The van der Waals surface area contributed by atoms with E-state index in [4.69, 9.17) is 0 Å². The lowest BCUT2D eigenvalue weighted by molar-refractivity contribution is -0.274. The van der Waals surface area contributed by atoms with Gasteiger partial charge in [0.1, 0.15) is 23.2 Å². The summed E-state index contributed by atoms with van der Waals surface area (Å²) in [4.78, 5) is 11.3. The number of aromatic nitrogens is 2. The van der Waals surface area contributed by atoms with Crippen molar-refractivity contribution in [1.82, 2.24) is 9.97 Å². The van der Waals surface area contributed by atoms with Crippen molar-refractivity contribution in [1.29, 1.82) is 0 Å². The van der Waals surface area contributed by atoms with Crippen molar-refractivity contribution in [2.45, 2.75) is 46.0 Å². The Kier molecular flexibility index (Phi) is 5.43. The molecule has 5 nitrogen and oxygen atoms in total. The molecule has 27 heavy (non-hydrogen) atoms. The van der Waals surface area contributed by atoms with Gasteiger partial charge >= 0.3 is 6.36 Å². The number of fused-ring (bicyclic) bond motifs is 1. The highest BCUT2D eigenvalue weighted by molar-refractivity contribution is 5.52. The SMILES string of the molecule is CCNc1cc(N2CCc3cc(OC(F)(F)F)ccc3C2)nc(C(C)C)n1. The van der Waals surface area contributed by atoms with E-state index in [1.54, 1.807) is 6.07 Å². The first-order valence-electron chi connectivity index (χ1n) is 9.00. The highest BCUT2D eigenvalue weighted by Gasteiger charge is 2.31. The fourth-order valence-electron chi connectivity index (χ4n) is 3.07. The van der Waals surface area contributed by atoms with Gasteiger partial charge < -0.3 is 15.0 Å². The maximum absolute atomic E-state index is 12.4. The van der Waals surface area contributed by atoms with Gasteiger partial charge in [0.2, 0.25) is 0 Å². The third-order valence-electron chi connectivity index (χ3n) is 4.35. The van der Waals surface area contributed by atoms with Crippen LogP contribution in [0.25, 0.3) is 0 Å². The molecule has 1 aromatic heterocycles. The number of alkyl halides is 3. The van der Waals surface area contributed by atoms with Gasteiger partial charge in [0.25, 0.3) is 0 Å². The molecular weight excluding hydrogens is 357 g/mol. The smallest absolute Gasteiger partial charge is 0.406 e. The molecule has 0 atom stereocenters. The Bertz CT molecular complexity index is 808.